The van der Waals surface area contributed by atoms with E-state index >= 15 is 0 Å². The van der Waals surface area contributed by atoms with Crippen LogP contribution in [0, 0.1) is 5.82 Å². The van der Waals surface area contributed by atoms with Crippen LogP contribution >= 0.6 is 26.6 Å². The van der Waals surface area contributed by atoms with Crippen molar-refractivity contribution in [2.45, 2.75) is 11.1 Å². The lowest BCUT2D eigenvalue weighted by Gasteiger charge is -2.09. The topological polar surface area (TPSA) is 34.1 Å². The summed E-state index contributed by atoms with van der Waals surface area (Å²) in [6, 6.07) is 0.436. The second-order valence-corrected chi connectivity index (χ2v) is 6.03. The Morgan fingerprint density at radius 2 is 1.75 bits per heavy atom. The van der Waals surface area contributed by atoms with Crippen molar-refractivity contribution < 1.29 is 26.0 Å². The highest BCUT2D eigenvalue weighted by Crippen LogP contribution is 2.36. The van der Waals surface area contributed by atoms with Crippen LogP contribution < -0.4 is 0 Å². The summed E-state index contributed by atoms with van der Waals surface area (Å²) in [6.07, 6.45) is -4.85. The molecule has 1 aromatic carbocycles. The number of alkyl halides is 3. The maximum atomic E-state index is 13.0. The Hall–Kier alpha value is -0.340. The summed E-state index contributed by atoms with van der Waals surface area (Å²) in [5.41, 5.74) is -1.42. The van der Waals surface area contributed by atoms with Crippen molar-refractivity contribution in [2.24, 2.45) is 0 Å². The summed E-state index contributed by atoms with van der Waals surface area (Å²) >= 11 is 2.51. The Balaban J connectivity index is 3.59. The molecule has 1 rings (SSSR count). The van der Waals surface area contributed by atoms with Crippen LogP contribution in [0.25, 0.3) is 0 Å². The number of hydrogen-bond donors (Lipinski definition) is 0. The van der Waals surface area contributed by atoms with E-state index in [1.165, 1.54) is 0 Å². The van der Waals surface area contributed by atoms with Gasteiger partial charge in [0.05, 0.1) is 10.0 Å². The summed E-state index contributed by atoms with van der Waals surface area (Å²) < 4.78 is 70.9. The molecule has 0 aliphatic heterocycles. The van der Waals surface area contributed by atoms with Gasteiger partial charge >= 0.3 is 6.18 Å². The van der Waals surface area contributed by atoms with Crippen LogP contribution in [-0.4, -0.2) is 8.42 Å². The van der Waals surface area contributed by atoms with E-state index in [0.29, 0.717) is 0 Å². The van der Waals surface area contributed by atoms with E-state index in [1.807, 2.05) is 0 Å². The molecule has 0 bridgehead atoms. The molecule has 0 saturated carbocycles. The quantitative estimate of drug-likeness (QED) is 0.578. The van der Waals surface area contributed by atoms with E-state index in [1.54, 1.807) is 0 Å². The van der Waals surface area contributed by atoms with Gasteiger partial charge < -0.3 is 0 Å². The lowest BCUT2D eigenvalue weighted by molar-refractivity contribution is -0.137. The van der Waals surface area contributed by atoms with Gasteiger partial charge in [0, 0.05) is 10.7 Å². The van der Waals surface area contributed by atoms with Crippen LogP contribution in [0.3, 0.4) is 0 Å². The van der Waals surface area contributed by atoms with Crippen LogP contribution in [0.4, 0.5) is 17.6 Å². The summed E-state index contributed by atoms with van der Waals surface area (Å²) in [5, 5.41) is 0. The first kappa shape index (κ1) is 13.7. The zero-order valence-corrected chi connectivity index (χ0v) is 10.3. The molecule has 0 aliphatic carbocycles. The van der Waals surface area contributed by atoms with Crippen molar-refractivity contribution in [3.8, 4) is 0 Å². The van der Waals surface area contributed by atoms with Gasteiger partial charge in [0.2, 0.25) is 0 Å². The highest BCUT2D eigenvalue weighted by Gasteiger charge is 2.33. The molecular weight excluding hydrogens is 339 g/mol. The van der Waals surface area contributed by atoms with Crippen molar-refractivity contribution >= 4 is 35.7 Å². The fourth-order valence-electron chi connectivity index (χ4n) is 0.905. The van der Waals surface area contributed by atoms with Crippen molar-refractivity contribution in [1.82, 2.24) is 0 Å². The highest BCUT2D eigenvalue weighted by molar-refractivity contribution is 9.10. The first-order valence-corrected chi connectivity index (χ1v) is 6.64. The Bertz CT molecular complexity index is 526. The smallest absolute Gasteiger partial charge is 0.207 e. The van der Waals surface area contributed by atoms with Crippen LogP contribution in [0.1, 0.15) is 5.56 Å². The van der Waals surface area contributed by atoms with Gasteiger partial charge in [-0.05, 0) is 28.1 Å². The van der Waals surface area contributed by atoms with Gasteiger partial charge in [0.1, 0.15) is 10.7 Å². The van der Waals surface area contributed by atoms with Crippen molar-refractivity contribution in [1.29, 1.82) is 0 Å². The third-order valence-corrected chi connectivity index (χ3v) is 4.00. The summed E-state index contributed by atoms with van der Waals surface area (Å²) in [7, 11) is 0.413. The number of hydrogen-bond acceptors (Lipinski definition) is 2. The van der Waals surface area contributed by atoms with Crippen LogP contribution in [0.15, 0.2) is 21.5 Å². The maximum Gasteiger partial charge on any atom is 0.416 e. The molecule has 90 valence electrons. The number of halogens is 6. The van der Waals surface area contributed by atoms with Gasteiger partial charge in [-0.25, -0.2) is 12.8 Å². The van der Waals surface area contributed by atoms with Crippen LogP contribution in [0.2, 0.25) is 0 Å². The Kier molecular flexibility index (Phi) is 3.56. The number of benzene rings is 1. The van der Waals surface area contributed by atoms with Gasteiger partial charge in [-0.2, -0.15) is 13.2 Å². The van der Waals surface area contributed by atoms with Gasteiger partial charge in [0.15, 0.2) is 0 Å². The fraction of sp³-hybridized carbons (Fsp3) is 0.143. The molecule has 0 spiro atoms. The minimum absolute atomic E-state index is 0.176. The van der Waals surface area contributed by atoms with Gasteiger partial charge in [0.25, 0.3) is 9.05 Å². The molecule has 0 saturated heterocycles. The zero-order valence-electron chi connectivity index (χ0n) is 7.15. The molecule has 16 heavy (non-hydrogen) atoms. The van der Waals surface area contributed by atoms with E-state index < -0.39 is 36.0 Å². The molecule has 0 radical (unpaired) electrons. The van der Waals surface area contributed by atoms with Crippen molar-refractivity contribution in [2.75, 3.05) is 0 Å². The lowest BCUT2D eigenvalue weighted by atomic mass is 10.2. The second-order valence-electron chi connectivity index (χ2n) is 2.71. The van der Waals surface area contributed by atoms with Gasteiger partial charge in [-0.1, -0.05) is 0 Å². The molecule has 0 fully saturated rings. The molecule has 0 aliphatic rings. The normalized spacial score (nSPS) is 12.9. The molecule has 1 aromatic rings. The summed E-state index contributed by atoms with van der Waals surface area (Å²) in [6.45, 7) is 0. The Labute approximate surface area is 101 Å². The van der Waals surface area contributed by atoms with Gasteiger partial charge in [-0.15, -0.1) is 0 Å². The number of rotatable bonds is 1. The molecule has 0 N–H and O–H groups in total. The lowest BCUT2D eigenvalue weighted by Crippen LogP contribution is -2.08. The SMILES string of the molecule is O=S(=O)(Cl)c1cc(C(F)(F)F)cc(F)c1Br. The third-order valence-electron chi connectivity index (χ3n) is 1.58. The second kappa shape index (κ2) is 4.15. The largest absolute Gasteiger partial charge is 0.416 e. The summed E-state index contributed by atoms with van der Waals surface area (Å²) in [5.74, 6) is -1.35. The molecule has 2 nitrogen and oxygen atoms in total. The monoisotopic (exact) mass is 340 g/mol. The first-order chi connectivity index (χ1) is 7.03. The fourth-order valence-corrected chi connectivity index (χ4v) is 3.00. The molecule has 0 aromatic heterocycles. The molecule has 0 amide bonds. The molecule has 0 atom stereocenters. The molecule has 0 unspecified atom stereocenters. The van der Waals surface area contributed by atoms with E-state index in [9.17, 15) is 26.0 Å². The maximum absolute atomic E-state index is 13.0. The van der Waals surface area contributed by atoms with E-state index in [2.05, 4.69) is 15.9 Å². The minimum atomic E-state index is -4.85. The molecule has 9 heteroatoms. The standard InChI is InChI=1S/C7H2BrClF4O2S/c8-6-4(10)1-3(7(11,12)13)2-5(6)16(9,14)15/h1-2H. The summed E-state index contributed by atoms with van der Waals surface area (Å²) in [4.78, 5) is -0.957. The predicted octanol–water partition coefficient (Wildman–Crippen LogP) is 3.53. The Morgan fingerprint density at radius 3 is 2.12 bits per heavy atom. The van der Waals surface area contributed by atoms with Crippen LogP contribution in [-0.2, 0) is 15.2 Å². The first-order valence-electron chi connectivity index (χ1n) is 3.54. The van der Waals surface area contributed by atoms with Crippen molar-refractivity contribution in [3.63, 3.8) is 0 Å². The molecular formula is C7H2BrClF4O2S. The van der Waals surface area contributed by atoms with E-state index in [-0.39, 0.29) is 12.1 Å². The third kappa shape index (κ3) is 2.86. The van der Waals surface area contributed by atoms with E-state index in [0.717, 1.165) is 0 Å². The average Bonchev–Trinajstić information content (AvgIpc) is 2.05. The average molecular weight is 342 g/mol. The molecule has 0 heterocycles. The zero-order chi connectivity index (χ0) is 12.7. The van der Waals surface area contributed by atoms with Crippen molar-refractivity contribution in [3.05, 3.63) is 28.0 Å². The van der Waals surface area contributed by atoms with Crippen LogP contribution in [0.5, 0.6) is 0 Å². The predicted molar refractivity (Wildman–Crippen MR) is 52.1 cm³/mol. The van der Waals surface area contributed by atoms with E-state index in [4.69, 9.17) is 10.7 Å². The minimum Gasteiger partial charge on any atom is -0.207 e. The Morgan fingerprint density at radius 1 is 1.25 bits per heavy atom. The highest BCUT2D eigenvalue weighted by atomic mass is 79.9. The van der Waals surface area contributed by atoms with Gasteiger partial charge in [-0.3, -0.25) is 0 Å².